The van der Waals surface area contributed by atoms with E-state index in [-0.39, 0.29) is 17.7 Å². The van der Waals surface area contributed by atoms with E-state index in [1.807, 2.05) is 22.8 Å². The summed E-state index contributed by atoms with van der Waals surface area (Å²) in [6.07, 6.45) is 3.11. The lowest BCUT2D eigenvalue weighted by Gasteiger charge is -2.24. The first-order chi connectivity index (χ1) is 14.6. The molecule has 0 radical (unpaired) electrons. The van der Waals surface area contributed by atoms with Gasteiger partial charge in [0.15, 0.2) is 0 Å². The van der Waals surface area contributed by atoms with Crippen LogP contribution in [0.3, 0.4) is 0 Å². The van der Waals surface area contributed by atoms with Crippen LogP contribution in [0, 0.1) is 17.8 Å². The summed E-state index contributed by atoms with van der Waals surface area (Å²) >= 11 is 0. The lowest BCUT2D eigenvalue weighted by Crippen LogP contribution is -2.34. The Morgan fingerprint density at radius 1 is 1.20 bits per heavy atom. The largest absolute Gasteiger partial charge is 0.491 e. The van der Waals surface area contributed by atoms with Crippen LogP contribution in [0.25, 0.3) is 0 Å². The maximum absolute atomic E-state index is 12.9. The maximum Gasteiger partial charge on any atom is 0.255 e. The molecule has 0 amide bonds. The second kappa shape index (κ2) is 9.51. The minimum atomic E-state index is -0.0910. The number of aromatic nitrogens is 1. The molecule has 2 fully saturated rings. The summed E-state index contributed by atoms with van der Waals surface area (Å²) in [6.45, 7) is 6.22. The molecule has 5 nitrogen and oxygen atoms in total. The molecule has 2 heterocycles. The smallest absolute Gasteiger partial charge is 0.255 e. The van der Waals surface area contributed by atoms with Crippen LogP contribution in [0.5, 0.6) is 5.75 Å². The van der Waals surface area contributed by atoms with E-state index in [1.54, 1.807) is 6.07 Å². The van der Waals surface area contributed by atoms with Gasteiger partial charge < -0.3 is 18.8 Å². The van der Waals surface area contributed by atoms with E-state index < -0.39 is 0 Å². The molecule has 4 rings (SSSR count). The number of aryl methyl sites for hydroxylation is 1. The van der Waals surface area contributed by atoms with Crippen molar-refractivity contribution in [1.29, 1.82) is 0 Å². The molecule has 1 aliphatic carbocycles. The molecule has 1 saturated carbocycles. The zero-order chi connectivity index (χ0) is 20.9. The van der Waals surface area contributed by atoms with Gasteiger partial charge in [0.05, 0.1) is 25.9 Å². The Morgan fingerprint density at radius 3 is 2.67 bits per heavy atom. The first-order valence-corrected chi connectivity index (χ1v) is 10.8. The highest BCUT2D eigenvalue weighted by Crippen LogP contribution is 2.27. The summed E-state index contributed by atoms with van der Waals surface area (Å²) < 4.78 is 18.7. The van der Waals surface area contributed by atoms with Gasteiger partial charge in [0.1, 0.15) is 18.5 Å². The van der Waals surface area contributed by atoms with Crippen molar-refractivity contribution >= 4 is 0 Å². The Bertz CT molecular complexity index is 973. The van der Waals surface area contributed by atoms with Crippen LogP contribution in [-0.4, -0.2) is 37.1 Å². The summed E-state index contributed by atoms with van der Waals surface area (Å²) in [5.41, 5.74) is 3.00. The fraction of sp³-hybridized carbons (Fsp3) is 0.480. The van der Waals surface area contributed by atoms with E-state index in [0.29, 0.717) is 38.1 Å². The lowest BCUT2D eigenvalue weighted by molar-refractivity contribution is -0.101. The predicted octanol–water partition coefficient (Wildman–Crippen LogP) is 3.58. The molecule has 2 unspecified atom stereocenters. The summed E-state index contributed by atoms with van der Waals surface area (Å²) in [4.78, 5) is 12.9. The number of benzene rings is 1. The second-order valence-corrected chi connectivity index (χ2v) is 7.96. The first kappa shape index (κ1) is 20.7. The monoisotopic (exact) mass is 407 g/mol. The van der Waals surface area contributed by atoms with Crippen LogP contribution in [0.4, 0.5) is 0 Å². The molecular formula is C25H29NO4. The fourth-order valence-electron chi connectivity index (χ4n) is 3.63. The molecule has 158 valence electrons. The molecule has 2 atom stereocenters. The van der Waals surface area contributed by atoms with Crippen LogP contribution >= 0.6 is 0 Å². The van der Waals surface area contributed by atoms with E-state index in [2.05, 4.69) is 37.8 Å². The average Bonchev–Trinajstić information content (AvgIpc) is 3.61. The lowest BCUT2D eigenvalue weighted by atomic mass is 10.0. The number of nitrogens with zero attached hydrogens (tertiary/aromatic N) is 1. The average molecular weight is 408 g/mol. The van der Waals surface area contributed by atoms with Gasteiger partial charge in [0.2, 0.25) is 0 Å². The minimum Gasteiger partial charge on any atom is -0.491 e. The third kappa shape index (κ3) is 5.13. The zero-order valence-corrected chi connectivity index (χ0v) is 17.7. The highest BCUT2D eigenvalue weighted by molar-refractivity contribution is 5.38. The Kier molecular flexibility index (Phi) is 6.56. The molecule has 2 aliphatic rings. The van der Waals surface area contributed by atoms with Gasteiger partial charge in [0.25, 0.3) is 5.56 Å². The molecule has 1 aromatic heterocycles. The molecule has 1 aliphatic heterocycles. The van der Waals surface area contributed by atoms with Crippen molar-refractivity contribution in [2.24, 2.45) is 5.92 Å². The van der Waals surface area contributed by atoms with E-state index >= 15 is 0 Å². The summed E-state index contributed by atoms with van der Waals surface area (Å²) in [7, 11) is 0. The Balaban J connectivity index is 1.49. The number of rotatable bonds is 6. The van der Waals surface area contributed by atoms with Gasteiger partial charge in [-0.3, -0.25) is 4.79 Å². The summed E-state index contributed by atoms with van der Waals surface area (Å²) in [6, 6.07) is 11.7. The normalized spacial score (nSPS) is 19.6. The third-order valence-corrected chi connectivity index (χ3v) is 5.58. The van der Waals surface area contributed by atoms with Gasteiger partial charge in [-0.1, -0.05) is 30.9 Å². The van der Waals surface area contributed by atoms with Crippen molar-refractivity contribution in [3.8, 4) is 17.6 Å². The maximum atomic E-state index is 12.9. The van der Waals surface area contributed by atoms with Gasteiger partial charge in [-0.25, -0.2) is 0 Å². The Labute approximate surface area is 178 Å². The molecular weight excluding hydrogens is 378 g/mol. The third-order valence-electron chi connectivity index (χ3n) is 5.58. The number of pyridine rings is 1. The highest BCUT2D eigenvalue weighted by atomic mass is 16.6. The van der Waals surface area contributed by atoms with Gasteiger partial charge in [-0.2, -0.15) is 0 Å². The molecule has 1 aromatic carbocycles. The second-order valence-electron chi connectivity index (χ2n) is 7.96. The van der Waals surface area contributed by atoms with Gasteiger partial charge >= 0.3 is 0 Å². The SMILES string of the molecule is CCc1cc(OCC2COCCO2)cc(=O)n1C(C)c1ccc(C#CC2CC2)cc1. The van der Waals surface area contributed by atoms with Crippen LogP contribution in [0.15, 0.2) is 41.2 Å². The number of hydrogen-bond acceptors (Lipinski definition) is 4. The molecule has 0 spiro atoms. The molecule has 1 saturated heterocycles. The topological polar surface area (TPSA) is 49.7 Å². The summed E-state index contributed by atoms with van der Waals surface area (Å²) in [5, 5.41) is 0. The van der Waals surface area contributed by atoms with Crippen molar-refractivity contribution in [2.75, 3.05) is 26.4 Å². The van der Waals surface area contributed by atoms with Crippen molar-refractivity contribution in [1.82, 2.24) is 4.57 Å². The number of hydrogen-bond donors (Lipinski definition) is 0. The Hall–Kier alpha value is -2.55. The highest BCUT2D eigenvalue weighted by Gasteiger charge is 2.19. The fourth-order valence-corrected chi connectivity index (χ4v) is 3.63. The molecule has 5 heteroatoms. The van der Waals surface area contributed by atoms with Crippen LogP contribution in [0.2, 0.25) is 0 Å². The van der Waals surface area contributed by atoms with Crippen molar-refractivity contribution in [3.05, 3.63) is 63.6 Å². The van der Waals surface area contributed by atoms with E-state index in [0.717, 1.165) is 23.2 Å². The molecule has 30 heavy (non-hydrogen) atoms. The minimum absolute atomic E-state index is 0.0599. The van der Waals surface area contributed by atoms with Crippen LogP contribution in [0.1, 0.15) is 49.6 Å². The van der Waals surface area contributed by atoms with Gasteiger partial charge in [0, 0.05) is 23.2 Å². The van der Waals surface area contributed by atoms with Crippen LogP contribution < -0.4 is 10.3 Å². The number of ether oxygens (including phenoxy) is 3. The predicted molar refractivity (Wildman–Crippen MR) is 116 cm³/mol. The van der Waals surface area contributed by atoms with Crippen molar-refractivity contribution < 1.29 is 14.2 Å². The first-order valence-electron chi connectivity index (χ1n) is 10.8. The van der Waals surface area contributed by atoms with E-state index in [4.69, 9.17) is 14.2 Å². The van der Waals surface area contributed by atoms with E-state index in [9.17, 15) is 4.79 Å². The zero-order valence-electron chi connectivity index (χ0n) is 17.7. The van der Waals surface area contributed by atoms with Gasteiger partial charge in [-0.05, 0) is 49.9 Å². The Morgan fingerprint density at radius 2 is 2.00 bits per heavy atom. The quantitative estimate of drug-likeness (QED) is 0.687. The summed E-state index contributed by atoms with van der Waals surface area (Å²) in [5.74, 6) is 7.70. The molecule has 0 N–H and O–H groups in total. The van der Waals surface area contributed by atoms with Crippen LogP contribution in [-0.2, 0) is 15.9 Å². The van der Waals surface area contributed by atoms with Crippen molar-refractivity contribution in [3.63, 3.8) is 0 Å². The molecule has 2 aromatic rings. The van der Waals surface area contributed by atoms with E-state index in [1.165, 1.54) is 12.8 Å². The standard InChI is InChI=1S/C25H29NO4/c1-3-22-14-23(30-17-24-16-28-12-13-29-24)15-25(27)26(22)18(2)21-10-8-20(9-11-21)7-6-19-4-5-19/h8-11,14-15,18-19,24H,3-5,12-13,16-17H2,1-2H3. The van der Waals surface area contributed by atoms with Gasteiger partial charge in [-0.15, -0.1) is 0 Å². The van der Waals surface area contributed by atoms with Crippen molar-refractivity contribution in [2.45, 2.75) is 45.3 Å². The molecule has 0 bridgehead atoms.